The average Bonchev–Trinajstić information content (AvgIpc) is 3.01. The molecule has 1 N–H and O–H groups in total. The van der Waals surface area contributed by atoms with Crippen molar-refractivity contribution < 1.29 is 23.5 Å². The van der Waals surface area contributed by atoms with E-state index in [-0.39, 0.29) is 25.3 Å². The number of rotatable bonds is 7. The third-order valence-corrected chi connectivity index (χ3v) is 3.64. The van der Waals surface area contributed by atoms with Gasteiger partial charge in [-0.25, -0.2) is 9.37 Å². The number of carboxylic acid groups (broad SMARTS) is 1. The Morgan fingerprint density at radius 3 is 2.75 bits per heavy atom. The Hall–Kier alpha value is -2.70. The highest BCUT2D eigenvalue weighted by molar-refractivity contribution is 5.77. The molecule has 7 heteroatoms. The SMILES string of the molecule is CC(CN(C)C(=O)CCc1ncc(-c2ccccc2F)o1)C(=O)O. The molecule has 6 nitrogen and oxygen atoms in total. The predicted octanol–water partition coefficient (Wildman–Crippen LogP) is 2.59. The van der Waals surface area contributed by atoms with E-state index in [2.05, 4.69) is 4.98 Å². The highest BCUT2D eigenvalue weighted by Gasteiger charge is 2.18. The van der Waals surface area contributed by atoms with Crippen molar-refractivity contribution in [2.24, 2.45) is 5.92 Å². The van der Waals surface area contributed by atoms with Crippen LogP contribution >= 0.6 is 0 Å². The van der Waals surface area contributed by atoms with Crippen molar-refractivity contribution in [2.75, 3.05) is 13.6 Å². The van der Waals surface area contributed by atoms with Crippen molar-refractivity contribution >= 4 is 11.9 Å². The van der Waals surface area contributed by atoms with E-state index in [9.17, 15) is 14.0 Å². The zero-order valence-electron chi connectivity index (χ0n) is 13.5. The molecular weight excluding hydrogens is 315 g/mol. The van der Waals surface area contributed by atoms with Gasteiger partial charge in [0.15, 0.2) is 11.7 Å². The number of carboxylic acids is 1. The van der Waals surface area contributed by atoms with Crippen LogP contribution in [0.15, 0.2) is 34.9 Å². The van der Waals surface area contributed by atoms with Crippen LogP contribution in [-0.4, -0.2) is 40.5 Å². The van der Waals surface area contributed by atoms with Crippen LogP contribution in [-0.2, 0) is 16.0 Å². The summed E-state index contributed by atoms with van der Waals surface area (Å²) < 4.78 is 19.2. The molecule has 0 aliphatic carbocycles. The van der Waals surface area contributed by atoms with Gasteiger partial charge in [-0.15, -0.1) is 0 Å². The summed E-state index contributed by atoms with van der Waals surface area (Å²) in [6.45, 7) is 1.68. The van der Waals surface area contributed by atoms with E-state index in [0.717, 1.165) is 0 Å². The van der Waals surface area contributed by atoms with E-state index in [4.69, 9.17) is 9.52 Å². The largest absolute Gasteiger partial charge is 0.481 e. The molecule has 0 radical (unpaired) electrons. The number of aliphatic carboxylic acids is 1. The molecule has 128 valence electrons. The number of carbonyl (C=O) groups excluding carboxylic acids is 1. The molecule has 2 rings (SSSR count). The summed E-state index contributed by atoms with van der Waals surface area (Å²) in [4.78, 5) is 28.2. The fraction of sp³-hybridized carbons (Fsp3) is 0.353. The van der Waals surface area contributed by atoms with Gasteiger partial charge in [-0.05, 0) is 12.1 Å². The first-order valence-corrected chi connectivity index (χ1v) is 7.55. The number of halogens is 1. The number of aromatic nitrogens is 1. The topological polar surface area (TPSA) is 83.6 Å². The number of hydrogen-bond acceptors (Lipinski definition) is 4. The Labute approximate surface area is 138 Å². The molecule has 24 heavy (non-hydrogen) atoms. The fourth-order valence-corrected chi connectivity index (χ4v) is 2.21. The normalized spacial score (nSPS) is 12.0. The third-order valence-electron chi connectivity index (χ3n) is 3.64. The van der Waals surface area contributed by atoms with Crippen LogP contribution in [0.25, 0.3) is 11.3 Å². The summed E-state index contributed by atoms with van der Waals surface area (Å²) in [7, 11) is 1.56. The molecule has 0 aliphatic rings. The number of benzene rings is 1. The van der Waals surface area contributed by atoms with Crippen molar-refractivity contribution in [1.29, 1.82) is 0 Å². The highest BCUT2D eigenvalue weighted by Crippen LogP contribution is 2.23. The maximum Gasteiger partial charge on any atom is 0.308 e. The van der Waals surface area contributed by atoms with E-state index >= 15 is 0 Å². The monoisotopic (exact) mass is 334 g/mol. The molecule has 0 saturated heterocycles. The van der Waals surface area contributed by atoms with Gasteiger partial charge in [0, 0.05) is 26.4 Å². The van der Waals surface area contributed by atoms with Crippen LogP contribution in [0.5, 0.6) is 0 Å². The summed E-state index contributed by atoms with van der Waals surface area (Å²) in [6.07, 6.45) is 1.83. The summed E-state index contributed by atoms with van der Waals surface area (Å²) in [5.74, 6) is -1.54. The molecule has 0 spiro atoms. The number of oxazole rings is 1. The van der Waals surface area contributed by atoms with Crippen molar-refractivity contribution in [3.8, 4) is 11.3 Å². The lowest BCUT2D eigenvalue weighted by atomic mass is 10.1. The predicted molar refractivity (Wildman–Crippen MR) is 84.7 cm³/mol. The van der Waals surface area contributed by atoms with Crippen LogP contribution in [0.2, 0.25) is 0 Å². The summed E-state index contributed by atoms with van der Waals surface area (Å²) >= 11 is 0. The van der Waals surface area contributed by atoms with Crippen LogP contribution in [0.3, 0.4) is 0 Å². The van der Waals surface area contributed by atoms with Crippen molar-refractivity contribution in [2.45, 2.75) is 19.8 Å². The Kier molecular flexibility index (Phi) is 5.68. The molecule has 1 atom stereocenters. The van der Waals surface area contributed by atoms with E-state index in [0.29, 0.717) is 17.2 Å². The van der Waals surface area contributed by atoms with Gasteiger partial charge in [0.2, 0.25) is 5.91 Å². The van der Waals surface area contributed by atoms with E-state index in [1.54, 1.807) is 32.2 Å². The van der Waals surface area contributed by atoms with Gasteiger partial charge in [-0.3, -0.25) is 9.59 Å². The standard InChI is InChI=1S/C17H19FN2O4/c1-11(17(22)23)10-20(2)16(21)8-7-15-19-9-14(24-15)12-5-3-4-6-13(12)18/h3-6,9,11H,7-8,10H2,1-2H3,(H,22,23). The Morgan fingerprint density at radius 1 is 1.38 bits per heavy atom. The molecule has 1 aromatic heterocycles. The summed E-state index contributed by atoms with van der Waals surface area (Å²) in [5.41, 5.74) is 0.315. The second kappa shape index (κ2) is 7.72. The zero-order valence-corrected chi connectivity index (χ0v) is 13.5. The quantitative estimate of drug-likeness (QED) is 0.841. The lowest BCUT2D eigenvalue weighted by Crippen LogP contribution is -2.33. The van der Waals surface area contributed by atoms with E-state index in [1.807, 2.05) is 0 Å². The lowest BCUT2D eigenvalue weighted by molar-refractivity contribution is -0.142. The molecule has 1 aromatic carbocycles. The second-order valence-corrected chi connectivity index (χ2v) is 5.61. The van der Waals surface area contributed by atoms with Crippen LogP contribution in [0.4, 0.5) is 4.39 Å². The molecule has 0 saturated carbocycles. The first-order chi connectivity index (χ1) is 11.4. The zero-order chi connectivity index (χ0) is 17.7. The molecule has 0 aliphatic heterocycles. The molecule has 1 amide bonds. The van der Waals surface area contributed by atoms with Crippen molar-refractivity contribution in [1.82, 2.24) is 9.88 Å². The number of nitrogens with zero attached hydrogens (tertiary/aromatic N) is 2. The van der Waals surface area contributed by atoms with Crippen LogP contribution in [0.1, 0.15) is 19.2 Å². The van der Waals surface area contributed by atoms with Gasteiger partial charge < -0.3 is 14.4 Å². The minimum absolute atomic E-state index is 0.139. The Bertz CT molecular complexity index is 729. The lowest BCUT2D eigenvalue weighted by Gasteiger charge is -2.19. The third kappa shape index (κ3) is 4.41. The number of hydrogen-bond donors (Lipinski definition) is 1. The number of amides is 1. The van der Waals surface area contributed by atoms with Gasteiger partial charge in [0.25, 0.3) is 0 Å². The first kappa shape index (κ1) is 17.7. The molecule has 2 aromatic rings. The summed E-state index contributed by atoms with van der Waals surface area (Å²) in [5, 5.41) is 8.86. The smallest absolute Gasteiger partial charge is 0.308 e. The molecular formula is C17H19FN2O4. The molecule has 1 heterocycles. The van der Waals surface area contributed by atoms with Gasteiger partial charge in [0.05, 0.1) is 17.7 Å². The average molecular weight is 334 g/mol. The minimum Gasteiger partial charge on any atom is -0.481 e. The summed E-state index contributed by atoms with van der Waals surface area (Å²) in [6, 6.07) is 6.21. The Morgan fingerprint density at radius 2 is 2.08 bits per heavy atom. The van der Waals surface area contributed by atoms with Crippen molar-refractivity contribution in [3.05, 3.63) is 42.2 Å². The second-order valence-electron chi connectivity index (χ2n) is 5.61. The van der Waals surface area contributed by atoms with Crippen LogP contribution < -0.4 is 0 Å². The van der Waals surface area contributed by atoms with E-state index in [1.165, 1.54) is 17.2 Å². The van der Waals surface area contributed by atoms with Gasteiger partial charge >= 0.3 is 5.97 Å². The minimum atomic E-state index is -0.947. The molecule has 0 bridgehead atoms. The number of aryl methyl sites for hydroxylation is 1. The maximum atomic E-state index is 13.7. The fourth-order valence-electron chi connectivity index (χ4n) is 2.21. The maximum absolute atomic E-state index is 13.7. The van der Waals surface area contributed by atoms with Gasteiger partial charge in [0.1, 0.15) is 5.82 Å². The van der Waals surface area contributed by atoms with Gasteiger partial charge in [-0.2, -0.15) is 0 Å². The first-order valence-electron chi connectivity index (χ1n) is 7.55. The van der Waals surface area contributed by atoms with Crippen molar-refractivity contribution in [3.63, 3.8) is 0 Å². The molecule has 1 unspecified atom stereocenters. The molecule has 0 fully saturated rings. The highest BCUT2D eigenvalue weighted by atomic mass is 19.1. The Balaban J connectivity index is 1.92. The number of carbonyl (C=O) groups is 2. The van der Waals surface area contributed by atoms with E-state index < -0.39 is 17.7 Å². The van der Waals surface area contributed by atoms with Gasteiger partial charge in [-0.1, -0.05) is 19.1 Å². The van der Waals surface area contributed by atoms with Crippen LogP contribution in [0, 0.1) is 11.7 Å².